The van der Waals surface area contributed by atoms with E-state index in [0.717, 1.165) is 34.8 Å². The number of amides is 1. The lowest BCUT2D eigenvalue weighted by Crippen LogP contribution is -2.39. The van der Waals surface area contributed by atoms with Crippen LogP contribution in [0.3, 0.4) is 0 Å². The van der Waals surface area contributed by atoms with Crippen LogP contribution in [-0.2, 0) is 17.8 Å². The first-order valence-electron chi connectivity index (χ1n) is 11.2. The Morgan fingerprint density at radius 1 is 1.15 bits per heavy atom. The van der Waals surface area contributed by atoms with E-state index in [4.69, 9.17) is 14.5 Å². The van der Waals surface area contributed by atoms with Gasteiger partial charge in [-0.3, -0.25) is 9.20 Å². The second-order valence-electron chi connectivity index (χ2n) is 8.29. The number of rotatable bonds is 8. The Morgan fingerprint density at radius 2 is 1.97 bits per heavy atom. The van der Waals surface area contributed by atoms with Gasteiger partial charge in [0.1, 0.15) is 0 Å². The predicted molar refractivity (Wildman–Crippen MR) is 132 cm³/mol. The van der Waals surface area contributed by atoms with Crippen molar-refractivity contribution in [3.8, 4) is 22.8 Å². The number of hydrogen-bond acceptors (Lipinski definition) is 6. The van der Waals surface area contributed by atoms with Crippen LogP contribution in [0.2, 0.25) is 0 Å². The molecule has 0 N–H and O–H groups in total. The Kier molecular flexibility index (Phi) is 6.37. The molecule has 0 atom stereocenters. The number of aromatic nitrogens is 2. The van der Waals surface area contributed by atoms with E-state index in [0.29, 0.717) is 30.5 Å². The Hall–Kier alpha value is -2.84. The van der Waals surface area contributed by atoms with Crippen LogP contribution < -0.4 is 9.47 Å². The van der Waals surface area contributed by atoms with Crippen LogP contribution in [0.4, 0.5) is 0 Å². The molecule has 0 saturated heterocycles. The highest BCUT2D eigenvalue weighted by Gasteiger charge is 2.28. The molecule has 1 aliphatic carbocycles. The van der Waals surface area contributed by atoms with Gasteiger partial charge in [-0.05, 0) is 42.5 Å². The number of thiazole rings is 1. The summed E-state index contributed by atoms with van der Waals surface area (Å²) in [7, 11) is 3.25. The number of benzene rings is 1. The number of carbonyl (C=O) groups is 1. The Labute approximate surface area is 201 Å². The highest BCUT2D eigenvalue weighted by Crippen LogP contribution is 2.33. The normalized spacial score (nSPS) is 14.1. The van der Waals surface area contributed by atoms with Gasteiger partial charge in [0.05, 0.1) is 32.9 Å². The van der Waals surface area contributed by atoms with Crippen molar-refractivity contribution in [3.63, 3.8) is 0 Å². The Balaban J connectivity index is 1.39. The third kappa shape index (κ3) is 4.50. The minimum absolute atomic E-state index is 0.191. The van der Waals surface area contributed by atoms with Gasteiger partial charge in [0.15, 0.2) is 16.5 Å². The van der Waals surface area contributed by atoms with Gasteiger partial charge in [0.25, 0.3) is 0 Å². The van der Waals surface area contributed by atoms with Crippen LogP contribution in [0.1, 0.15) is 36.3 Å². The summed E-state index contributed by atoms with van der Waals surface area (Å²) in [4.78, 5) is 22.5. The van der Waals surface area contributed by atoms with Crippen molar-refractivity contribution in [1.29, 1.82) is 0 Å². The van der Waals surface area contributed by atoms with E-state index in [1.54, 1.807) is 36.9 Å². The maximum atomic E-state index is 13.5. The molecule has 8 heteroatoms. The number of methoxy groups -OCH3 is 2. The van der Waals surface area contributed by atoms with Crippen LogP contribution in [0.15, 0.2) is 47.3 Å². The molecule has 4 aromatic rings. The zero-order valence-corrected chi connectivity index (χ0v) is 20.5. The van der Waals surface area contributed by atoms with Crippen molar-refractivity contribution in [2.75, 3.05) is 14.2 Å². The topological polar surface area (TPSA) is 56.1 Å². The van der Waals surface area contributed by atoms with Crippen LogP contribution in [0.5, 0.6) is 11.5 Å². The summed E-state index contributed by atoms with van der Waals surface area (Å²) in [5.41, 5.74) is 2.78. The summed E-state index contributed by atoms with van der Waals surface area (Å²) >= 11 is 3.28. The van der Waals surface area contributed by atoms with Crippen molar-refractivity contribution in [1.82, 2.24) is 14.3 Å². The molecule has 1 aromatic carbocycles. The number of hydrogen-bond donors (Lipinski definition) is 0. The van der Waals surface area contributed by atoms with E-state index in [1.165, 1.54) is 17.7 Å². The fourth-order valence-corrected chi connectivity index (χ4v) is 6.13. The quantitative estimate of drug-likeness (QED) is 0.326. The number of ether oxygens (including phenoxy) is 2. The molecular formula is C25H27N3O3S2. The van der Waals surface area contributed by atoms with Crippen molar-refractivity contribution in [2.24, 2.45) is 0 Å². The molecule has 0 spiro atoms. The lowest BCUT2D eigenvalue weighted by Gasteiger charge is -2.28. The summed E-state index contributed by atoms with van der Waals surface area (Å²) in [5.74, 6) is 1.55. The average Bonchev–Trinajstić information content (AvgIpc) is 3.63. The lowest BCUT2D eigenvalue weighted by molar-refractivity contribution is -0.133. The number of fused-ring (bicyclic) bond motifs is 1. The number of imidazole rings is 1. The van der Waals surface area contributed by atoms with Gasteiger partial charge >= 0.3 is 0 Å². The van der Waals surface area contributed by atoms with E-state index in [-0.39, 0.29) is 5.91 Å². The van der Waals surface area contributed by atoms with Crippen LogP contribution >= 0.6 is 22.7 Å². The monoisotopic (exact) mass is 481 g/mol. The van der Waals surface area contributed by atoms with Crippen molar-refractivity contribution in [2.45, 2.75) is 44.7 Å². The van der Waals surface area contributed by atoms with Gasteiger partial charge in [-0.2, -0.15) is 0 Å². The first-order chi connectivity index (χ1) is 16.2. The van der Waals surface area contributed by atoms with E-state index >= 15 is 0 Å². The highest BCUT2D eigenvalue weighted by molar-refractivity contribution is 7.15. The lowest BCUT2D eigenvalue weighted by atomic mass is 10.1. The van der Waals surface area contributed by atoms with Gasteiger partial charge in [-0.1, -0.05) is 18.9 Å². The third-order valence-corrected chi connectivity index (χ3v) is 8.04. The zero-order valence-electron chi connectivity index (χ0n) is 18.8. The minimum atomic E-state index is 0.191. The molecule has 0 radical (unpaired) electrons. The molecule has 0 aliphatic heterocycles. The maximum absolute atomic E-state index is 13.5. The number of carbonyl (C=O) groups excluding carboxylic acids is 1. The second-order valence-corrected chi connectivity index (χ2v) is 10.2. The molecule has 1 fully saturated rings. The van der Waals surface area contributed by atoms with E-state index < -0.39 is 0 Å². The zero-order chi connectivity index (χ0) is 22.8. The highest BCUT2D eigenvalue weighted by atomic mass is 32.1. The van der Waals surface area contributed by atoms with Gasteiger partial charge in [0, 0.05) is 33.8 Å². The van der Waals surface area contributed by atoms with E-state index in [1.807, 2.05) is 28.8 Å². The predicted octanol–water partition coefficient (Wildman–Crippen LogP) is 5.66. The molecule has 3 aromatic heterocycles. The van der Waals surface area contributed by atoms with Crippen molar-refractivity contribution < 1.29 is 14.3 Å². The molecule has 0 bridgehead atoms. The molecule has 172 valence electrons. The van der Waals surface area contributed by atoms with E-state index in [2.05, 4.69) is 27.8 Å². The second kappa shape index (κ2) is 9.57. The smallest absolute Gasteiger partial charge is 0.229 e. The fraction of sp³-hybridized carbons (Fsp3) is 0.360. The summed E-state index contributed by atoms with van der Waals surface area (Å²) in [6, 6.07) is 10.3. The molecular weight excluding hydrogens is 454 g/mol. The molecule has 1 aliphatic rings. The molecule has 1 amide bonds. The summed E-state index contributed by atoms with van der Waals surface area (Å²) in [6.07, 6.45) is 7.00. The van der Waals surface area contributed by atoms with E-state index in [9.17, 15) is 4.79 Å². The summed E-state index contributed by atoms with van der Waals surface area (Å²) in [5, 5.41) is 4.13. The van der Waals surface area contributed by atoms with Gasteiger partial charge in [-0.25, -0.2) is 4.98 Å². The number of nitrogens with zero attached hydrogens (tertiary/aromatic N) is 3. The van der Waals surface area contributed by atoms with Crippen LogP contribution in [0, 0.1) is 0 Å². The Bertz CT molecular complexity index is 1240. The molecule has 3 heterocycles. The van der Waals surface area contributed by atoms with Crippen LogP contribution in [-0.4, -0.2) is 40.5 Å². The standard InChI is InChI=1S/C25H27N3O3S2/c1-30-22-10-9-17(12-23(22)31-2)21-15-28-19(16-33-25(28)26-21)13-24(29)27(18-6-3-4-7-18)14-20-8-5-11-32-20/h5,8-12,15-16,18H,3-4,6-7,13-14H2,1-2H3. The van der Waals surface area contributed by atoms with Gasteiger partial charge in [-0.15, -0.1) is 22.7 Å². The number of thiophene rings is 1. The average molecular weight is 482 g/mol. The van der Waals surface area contributed by atoms with Crippen molar-refractivity contribution in [3.05, 3.63) is 57.9 Å². The van der Waals surface area contributed by atoms with Crippen LogP contribution in [0.25, 0.3) is 16.2 Å². The summed E-state index contributed by atoms with van der Waals surface area (Å²) in [6.45, 7) is 0.704. The fourth-order valence-electron chi connectivity index (χ4n) is 4.55. The minimum Gasteiger partial charge on any atom is -0.493 e. The van der Waals surface area contributed by atoms with Crippen molar-refractivity contribution >= 4 is 33.5 Å². The Morgan fingerprint density at radius 3 is 2.70 bits per heavy atom. The molecule has 33 heavy (non-hydrogen) atoms. The first-order valence-corrected chi connectivity index (χ1v) is 12.9. The molecule has 0 unspecified atom stereocenters. The molecule has 5 rings (SSSR count). The first kappa shape index (κ1) is 22.0. The third-order valence-electron chi connectivity index (χ3n) is 6.29. The summed E-state index contributed by atoms with van der Waals surface area (Å²) < 4.78 is 12.8. The van der Waals surface area contributed by atoms with Gasteiger partial charge < -0.3 is 14.4 Å². The molecule has 1 saturated carbocycles. The molecule has 6 nitrogen and oxygen atoms in total. The largest absolute Gasteiger partial charge is 0.493 e. The SMILES string of the molecule is COc1ccc(-c2cn3c(CC(=O)N(Cc4cccs4)C4CCCC4)csc3n2)cc1OC. The van der Waals surface area contributed by atoms with Gasteiger partial charge in [0.2, 0.25) is 5.91 Å². The maximum Gasteiger partial charge on any atom is 0.229 e.